The lowest BCUT2D eigenvalue weighted by Crippen LogP contribution is -2.41. The number of nitrogens with zero attached hydrogens (tertiary/aromatic N) is 3. The lowest BCUT2D eigenvalue weighted by atomic mass is 9.84. The first kappa shape index (κ1) is 17.6. The summed E-state index contributed by atoms with van der Waals surface area (Å²) in [5, 5.41) is 12.0. The Morgan fingerprint density at radius 2 is 2.12 bits per heavy atom. The standard InChI is InChI=1S/C17H29N5OS/c1-10(13-8-11-5-6-12(13)7-11)19-14(23)9-24-16-21-20-15(22(16)18)17(2,3)4/h10-13H,5-9,18H2,1-4H3,(H,19,23). The van der Waals surface area contributed by atoms with E-state index in [4.69, 9.17) is 5.84 Å². The number of nitrogens with two attached hydrogens (primary N) is 1. The molecule has 134 valence electrons. The number of aromatic nitrogens is 3. The summed E-state index contributed by atoms with van der Waals surface area (Å²) in [7, 11) is 0. The van der Waals surface area contributed by atoms with E-state index in [1.165, 1.54) is 42.1 Å². The van der Waals surface area contributed by atoms with E-state index in [1.54, 1.807) is 0 Å². The van der Waals surface area contributed by atoms with E-state index in [1.807, 2.05) is 20.8 Å². The zero-order chi connectivity index (χ0) is 17.5. The Balaban J connectivity index is 1.50. The number of carbonyl (C=O) groups excluding carboxylic acids is 1. The van der Waals surface area contributed by atoms with Crippen LogP contribution in [0.5, 0.6) is 0 Å². The summed E-state index contributed by atoms with van der Waals surface area (Å²) < 4.78 is 1.50. The highest BCUT2D eigenvalue weighted by Gasteiger charge is 2.42. The molecule has 2 saturated carbocycles. The third kappa shape index (κ3) is 3.55. The molecule has 0 radical (unpaired) electrons. The average Bonchev–Trinajstić information content (AvgIpc) is 3.19. The van der Waals surface area contributed by atoms with Crippen LogP contribution in [0.15, 0.2) is 5.16 Å². The molecule has 1 aromatic rings. The fourth-order valence-electron chi connectivity index (χ4n) is 4.33. The van der Waals surface area contributed by atoms with E-state index >= 15 is 0 Å². The summed E-state index contributed by atoms with van der Waals surface area (Å²) in [6, 6.07) is 0.259. The van der Waals surface area contributed by atoms with Gasteiger partial charge in [-0.2, -0.15) is 0 Å². The second-order valence-electron chi connectivity index (χ2n) is 8.41. The van der Waals surface area contributed by atoms with Gasteiger partial charge in [0.15, 0.2) is 5.82 Å². The number of rotatable bonds is 5. The van der Waals surface area contributed by atoms with Crippen molar-refractivity contribution in [2.24, 2.45) is 17.8 Å². The molecule has 2 bridgehead atoms. The average molecular weight is 352 g/mol. The van der Waals surface area contributed by atoms with Crippen LogP contribution in [0.4, 0.5) is 0 Å². The van der Waals surface area contributed by atoms with Crippen LogP contribution < -0.4 is 11.2 Å². The Bertz CT molecular complexity index is 609. The summed E-state index contributed by atoms with van der Waals surface area (Å²) in [5.74, 6) is 9.53. The number of thioether (sulfide) groups is 1. The number of nitrogens with one attached hydrogen (secondary N) is 1. The van der Waals surface area contributed by atoms with Crippen molar-refractivity contribution in [2.45, 2.75) is 70.0 Å². The van der Waals surface area contributed by atoms with Crippen molar-refractivity contribution in [3.8, 4) is 0 Å². The van der Waals surface area contributed by atoms with E-state index in [0.29, 0.717) is 16.8 Å². The van der Waals surface area contributed by atoms with Gasteiger partial charge in [0, 0.05) is 11.5 Å². The quantitative estimate of drug-likeness (QED) is 0.628. The second-order valence-corrected chi connectivity index (χ2v) is 9.35. The van der Waals surface area contributed by atoms with Crippen LogP contribution in [0.25, 0.3) is 0 Å². The molecule has 3 N–H and O–H groups in total. The maximum absolute atomic E-state index is 12.3. The normalized spacial score (nSPS) is 27.4. The largest absolute Gasteiger partial charge is 0.353 e. The summed E-state index contributed by atoms with van der Waals surface area (Å²) >= 11 is 1.34. The minimum atomic E-state index is -0.168. The van der Waals surface area contributed by atoms with Gasteiger partial charge >= 0.3 is 0 Å². The summed E-state index contributed by atoms with van der Waals surface area (Å²) in [6.45, 7) is 8.27. The Hall–Kier alpha value is -1.24. The topological polar surface area (TPSA) is 85.8 Å². The van der Waals surface area contributed by atoms with Gasteiger partial charge in [0.25, 0.3) is 0 Å². The summed E-state index contributed by atoms with van der Waals surface area (Å²) in [6.07, 6.45) is 5.38. The molecule has 2 aliphatic rings. The van der Waals surface area contributed by atoms with Crippen molar-refractivity contribution in [2.75, 3.05) is 11.6 Å². The predicted molar refractivity (Wildman–Crippen MR) is 96.1 cm³/mol. The lowest BCUT2D eigenvalue weighted by Gasteiger charge is -2.28. The van der Waals surface area contributed by atoms with Crippen LogP contribution in [-0.4, -0.2) is 32.6 Å². The molecule has 2 aliphatic carbocycles. The zero-order valence-electron chi connectivity index (χ0n) is 15.1. The van der Waals surface area contributed by atoms with Crippen LogP contribution in [0, 0.1) is 17.8 Å². The van der Waals surface area contributed by atoms with Crippen LogP contribution in [0.3, 0.4) is 0 Å². The number of hydrogen-bond donors (Lipinski definition) is 2. The summed E-state index contributed by atoms with van der Waals surface area (Å²) in [4.78, 5) is 12.3. The number of carbonyl (C=O) groups is 1. The fourth-order valence-corrected chi connectivity index (χ4v) is 4.99. The molecule has 0 aromatic carbocycles. The van der Waals surface area contributed by atoms with Crippen LogP contribution in [0.2, 0.25) is 0 Å². The molecular formula is C17H29N5OS. The van der Waals surface area contributed by atoms with E-state index in [-0.39, 0.29) is 17.4 Å². The fraction of sp³-hybridized carbons (Fsp3) is 0.824. The molecule has 0 saturated heterocycles. The first-order valence-corrected chi connectivity index (χ1v) is 9.87. The Morgan fingerprint density at radius 3 is 2.67 bits per heavy atom. The van der Waals surface area contributed by atoms with E-state index < -0.39 is 0 Å². The van der Waals surface area contributed by atoms with Crippen molar-refractivity contribution < 1.29 is 4.79 Å². The maximum Gasteiger partial charge on any atom is 0.230 e. The van der Waals surface area contributed by atoms with E-state index in [2.05, 4.69) is 22.4 Å². The van der Waals surface area contributed by atoms with Crippen molar-refractivity contribution in [1.82, 2.24) is 20.2 Å². The van der Waals surface area contributed by atoms with E-state index in [9.17, 15) is 4.79 Å². The highest BCUT2D eigenvalue weighted by Crippen LogP contribution is 2.49. The van der Waals surface area contributed by atoms with Gasteiger partial charge in [-0.15, -0.1) is 10.2 Å². The Kier molecular flexibility index (Phi) is 4.82. The zero-order valence-corrected chi connectivity index (χ0v) is 15.9. The minimum Gasteiger partial charge on any atom is -0.353 e. The predicted octanol–water partition coefficient (Wildman–Crippen LogP) is 2.32. The van der Waals surface area contributed by atoms with Crippen LogP contribution in [0.1, 0.15) is 59.2 Å². The molecule has 0 spiro atoms. The minimum absolute atomic E-state index is 0.0515. The molecule has 7 heteroatoms. The van der Waals surface area contributed by atoms with Gasteiger partial charge in [-0.1, -0.05) is 39.0 Å². The molecule has 24 heavy (non-hydrogen) atoms. The number of nitrogen functional groups attached to an aromatic ring is 1. The van der Waals surface area contributed by atoms with Gasteiger partial charge in [-0.3, -0.25) is 4.79 Å². The number of fused-ring (bicyclic) bond motifs is 2. The third-order valence-electron chi connectivity index (χ3n) is 5.49. The molecule has 2 fully saturated rings. The first-order chi connectivity index (χ1) is 11.3. The summed E-state index contributed by atoms with van der Waals surface area (Å²) in [5.41, 5.74) is -0.168. The van der Waals surface area contributed by atoms with Crippen molar-refractivity contribution in [1.29, 1.82) is 0 Å². The molecule has 6 nitrogen and oxygen atoms in total. The third-order valence-corrected chi connectivity index (χ3v) is 6.43. The van der Waals surface area contributed by atoms with Crippen LogP contribution in [-0.2, 0) is 10.2 Å². The van der Waals surface area contributed by atoms with Gasteiger partial charge in [0.1, 0.15) is 0 Å². The van der Waals surface area contributed by atoms with Gasteiger partial charge in [0.05, 0.1) is 5.75 Å². The molecule has 4 atom stereocenters. The smallest absolute Gasteiger partial charge is 0.230 e. The molecule has 1 heterocycles. The van der Waals surface area contributed by atoms with Gasteiger partial charge < -0.3 is 11.2 Å². The van der Waals surface area contributed by atoms with Crippen molar-refractivity contribution in [3.63, 3.8) is 0 Å². The number of hydrogen-bond acceptors (Lipinski definition) is 5. The molecule has 3 rings (SSSR count). The SMILES string of the molecule is CC(NC(=O)CSc1nnc(C(C)(C)C)n1N)C1CC2CCC1C2. The lowest BCUT2D eigenvalue weighted by molar-refractivity contribution is -0.119. The molecule has 4 unspecified atom stereocenters. The molecule has 1 aromatic heterocycles. The van der Waals surface area contributed by atoms with Gasteiger partial charge in [-0.25, -0.2) is 4.68 Å². The first-order valence-electron chi connectivity index (χ1n) is 8.89. The second kappa shape index (κ2) is 6.58. The van der Waals surface area contributed by atoms with Crippen molar-refractivity contribution >= 4 is 17.7 Å². The highest BCUT2D eigenvalue weighted by molar-refractivity contribution is 7.99. The van der Waals surface area contributed by atoms with E-state index in [0.717, 1.165) is 17.7 Å². The van der Waals surface area contributed by atoms with Gasteiger partial charge in [-0.05, 0) is 43.9 Å². The van der Waals surface area contributed by atoms with Gasteiger partial charge in [0.2, 0.25) is 11.1 Å². The molecule has 0 aliphatic heterocycles. The maximum atomic E-state index is 12.3. The van der Waals surface area contributed by atoms with Crippen molar-refractivity contribution in [3.05, 3.63) is 5.82 Å². The molecular weight excluding hydrogens is 322 g/mol. The highest BCUT2D eigenvalue weighted by atomic mass is 32.2. The number of amides is 1. The Morgan fingerprint density at radius 1 is 1.38 bits per heavy atom. The van der Waals surface area contributed by atoms with Crippen LogP contribution >= 0.6 is 11.8 Å². The monoisotopic (exact) mass is 351 g/mol. The molecule has 1 amide bonds. The Labute approximate surface area is 148 Å².